The van der Waals surface area contributed by atoms with Gasteiger partial charge >= 0.3 is 0 Å². The Bertz CT molecular complexity index is 463. The molecule has 5 heteroatoms. The predicted molar refractivity (Wildman–Crippen MR) is 82.9 cm³/mol. The van der Waals surface area contributed by atoms with E-state index in [1.165, 1.54) is 6.42 Å². The molecule has 1 N–H and O–H groups in total. The second kappa shape index (κ2) is 6.79. The summed E-state index contributed by atoms with van der Waals surface area (Å²) in [6, 6.07) is 6.01. The maximum atomic E-state index is 12.2. The van der Waals surface area contributed by atoms with E-state index >= 15 is 0 Å². The lowest BCUT2D eigenvalue weighted by Gasteiger charge is -2.38. The summed E-state index contributed by atoms with van der Waals surface area (Å²) in [5, 5.41) is 3.12. The van der Waals surface area contributed by atoms with Gasteiger partial charge in [0.15, 0.2) is 0 Å². The van der Waals surface area contributed by atoms with E-state index in [9.17, 15) is 4.79 Å². The van der Waals surface area contributed by atoms with E-state index in [0.717, 1.165) is 12.8 Å². The van der Waals surface area contributed by atoms with Crippen molar-refractivity contribution in [3.8, 4) is 0 Å². The maximum Gasteiger partial charge on any atom is 0.238 e. The monoisotopic (exact) mass is 314 g/mol. The Morgan fingerprint density at radius 2 is 1.80 bits per heavy atom. The Hall–Kier alpha value is -0.770. The largest absolute Gasteiger partial charge is 0.288 e. The van der Waals surface area contributed by atoms with Crippen LogP contribution < -0.4 is 5.43 Å². The number of rotatable bonds is 3. The molecule has 0 spiro atoms. The SMILES string of the molecule is C[C@@H]1CCC[C@@H](C)N1NC(=O)Cc1c(Cl)cccc1Cl. The number of carbonyl (C=O) groups excluding carboxylic acids is 1. The number of nitrogens with one attached hydrogen (secondary N) is 1. The van der Waals surface area contributed by atoms with Crippen LogP contribution in [0.1, 0.15) is 38.7 Å². The van der Waals surface area contributed by atoms with Crippen LogP contribution in [0.4, 0.5) is 0 Å². The molecule has 0 saturated carbocycles. The van der Waals surface area contributed by atoms with Gasteiger partial charge in [0.1, 0.15) is 0 Å². The molecule has 0 aliphatic carbocycles. The Morgan fingerprint density at radius 3 is 2.35 bits per heavy atom. The van der Waals surface area contributed by atoms with Crippen LogP contribution in [0.25, 0.3) is 0 Å². The maximum absolute atomic E-state index is 12.2. The number of piperidine rings is 1. The van der Waals surface area contributed by atoms with E-state index in [4.69, 9.17) is 23.2 Å². The zero-order chi connectivity index (χ0) is 14.7. The summed E-state index contributed by atoms with van der Waals surface area (Å²) >= 11 is 12.2. The molecule has 110 valence electrons. The van der Waals surface area contributed by atoms with Gasteiger partial charge in [-0.2, -0.15) is 0 Å². The number of carbonyl (C=O) groups is 1. The smallest absolute Gasteiger partial charge is 0.238 e. The van der Waals surface area contributed by atoms with Gasteiger partial charge in [0.25, 0.3) is 0 Å². The van der Waals surface area contributed by atoms with Crippen LogP contribution in [0.3, 0.4) is 0 Å². The van der Waals surface area contributed by atoms with Crippen molar-refractivity contribution in [1.29, 1.82) is 0 Å². The zero-order valence-corrected chi connectivity index (χ0v) is 13.3. The van der Waals surface area contributed by atoms with E-state index in [0.29, 0.717) is 27.7 Å². The van der Waals surface area contributed by atoms with Crippen molar-refractivity contribution >= 4 is 29.1 Å². The first-order valence-corrected chi connectivity index (χ1v) is 7.75. The van der Waals surface area contributed by atoms with Gasteiger partial charge in [-0.05, 0) is 44.4 Å². The topological polar surface area (TPSA) is 32.3 Å². The quantitative estimate of drug-likeness (QED) is 0.919. The fourth-order valence-electron chi connectivity index (χ4n) is 2.69. The third kappa shape index (κ3) is 3.66. The van der Waals surface area contributed by atoms with E-state index in [2.05, 4.69) is 24.3 Å². The summed E-state index contributed by atoms with van der Waals surface area (Å²) < 4.78 is 0. The van der Waals surface area contributed by atoms with Gasteiger partial charge in [0, 0.05) is 22.1 Å². The fraction of sp³-hybridized carbons (Fsp3) is 0.533. The molecule has 0 bridgehead atoms. The summed E-state index contributed by atoms with van der Waals surface area (Å²) in [6.45, 7) is 4.27. The van der Waals surface area contributed by atoms with E-state index in [1.54, 1.807) is 18.2 Å². The Morgan fingerprint density at radius 1 is 1.25 bits per heavy atom. The summed E-state index contributed by atoms with van der Waals surface area (Å²) in [5.41, 5.74) is 3.68. The van der Waals surface area contributed by atoms with Crippen LogP contribution >= 0.6 is 23.2 Å². The van der Waals surface area contributed by atoms with Gasteiger partial charge in [0.2, 0.25) is 5.91 Å². The van der Waals surface area contributed by atoms with Crippen molar-refractivity contribution in [1.82, 2.24) is 10.4 Å². The molecular weight excluding hydrogens is 295 g/mol. The van der Waals surface area contributed by atoms with Gasteiger partial charge in [-0.15, -0.1) is 0 Å². The Labute approximate surface area is 130 Å². The average molecular weight is 315 g/mol. The second-order valence-corrected chi connectivity index (χ2v) is 6.26. The molecular formula is C15H20Cl2N2O. The second-order valence-electron chi connectivity index (χ2n) is 5.45. The molecule has 2 rings (SSSR count). The van der Waals surface area contributed by atoms with Crippen molar-refractivity contribution in [2.45, 2.75) is 51.6 Å². The standard InChI is InChI=1S/C15H20Cl2N2O/c1-10-5-3-6-11(2)19(10)18-15(20)9-12-13(16)7-4-8-14(12)17/h4,7-8,10-11H,3,5-6,9H2,1-2H3,(H,18,20)/t10-,11-/m1/s1. The lowest BCUT2D eigenvalue weighted by Crippen LogP contribution is -2.54. The highest BCUT2D eigenvalue weighted by atomic mass is 35.5. The number of amides is 1. The predicted octanol–water partition coefficient (Wildman–Crippen LogP) is 3.83. The molecule has 0 radical (unpaired) electrons. The van der Waals surface area contributed by atoms with Crippen LogP contribution in [0.5, 0.6) is 0 Å². The molecule has 1 aromatic carbocycles. The zero-order valence-electron chi connectivity index (χ0n) is 11.8. The summed E-state index contributed by atoms with van der Waals surface area (Å²) in [7, 11) is 0. The number of hydrazine groups is 1. The van der Waals surface area contributed by atoms with Gasteiger partial charge in [-0.25, -0.2) is 5.01 Å². The van der Waals surface area contributed by atoms with Crippen LogP contribution in [-0.4, -0.2) is 23.0 Å². The number of hydrogen-bond donors (Lipinski definition) is 1. The number of nitrogens with zero attached hydrogens (tertiary/aromatic N) is 1. The third-order valence-electron chi connectivity index (χ3n) is 3.85. The van der Waals surface area contributed by atoms with Crippen LogP contribution in [0.15, 0.2) is 18.2 Å². The summed E-state index contributed by atoms with van der Waals surface area (Å²) in [4.78, 5) is 12.2. The lowest BCUT2D eigenvalue weighted by atomic mass is 10.00. The number of hydrogen-bond acceptors (Lipinski definition) is 2. The Balaban J connectivity index is 2.02. The molecule has 1 heterocycles. The van der Waals surface area contributed by atoms with E-state index in [-0.39, 0.29) is 12.3 Å². The molecule has 1 amide bonds. The van der Waals surface area contributed by atoms with E-state index in [1.807, 2.05) is 0 Å². The van der Waals surface area contributed by atoms with Gasteiger partial charge < -0.3 is 0 Å². The minimum absolute atomic E-state index is 0.0689. The van der Waals surface area contributed by atoms with Gasteiger partial charge in [0.05, 0.1) is 6.42 Å². The molecule has 2 atom stereocenters. The van der Waals surface area contributed by atoms with Crippen LogP contribution in [0.2, 0.25) is 10.0 Å². The van der Waals surface area contributed by atoms with Crippen LogP contribution in [-0.2, 0) is 11.2 Å². The molecule has 20 heavy (non-hydrogen) atoms. The molecule has 1 aliphatic rings. The third-order valence-corrected chi connectivity index (χ3v) is 4.55. The summed E-state index contributed by atoms with van der Waals surface area (Å²) in [6.07, 6.45) is 3.63. The molecule has 1 aromatic rings. The highest BCUT2D eigenvalue weighted by Crippen LogP contribution is 2.25. The van der Waals surface area contributed by atoms with Gasteiger partial charge in [-0.1, -0.05) is 35.7 Å². The number of halogens is 2. The number of benzene rings is 1. The molecule has 0 aromatic heterocycles. The fourth-order valence-corrected chi connectivity index (χ4v) is 3.22. The molecule has 1 saturated heterocycles. The van der Waals surface area contributed by atoms with E-state index < -0.39 is 0 Å². The van der Waals surface area contributed by atoms with Crippen LogP contribution in [0, 0.1) is 0 Å². The molecule has 1 aliphatic heterocycles. The van der Waals surface area contributed by atoms with Gasteiger partial charge in [-0.3, -0.25) is 10.2 Å². The minimum atomic E-state index is -0.0689. The highest BCUT2D eigenvalue weighted by molar-refractivity contribution is 6.36. The average Bonchev–Trinajstić information content (AvgIpc) is 2.39. The molecule has 0 unspecified atom stereocenters. The summed E-state index contributed by atoms with van der Waals surface area (Å²) in [5.74, 6) is -0.0689. The first-order chi connectivity index (χ1) is 9.49. The highest BCUT2D eigenvalue weighted by Gasteiger charge is 2.26. The molecule has 3 nitrogen and oxygen atoms in total. The minimum Gasteiger partial charge on any atom is -0.288 e. The normalized spacial score (nSPS) is 23.6. The van der Waals surface area contributed by atoms with Crippen molar-refractivity contribution in [3.63, 3.8) is 0 Å². The van der Waals surface area contributed by atoms with Crippen molar-refractivity contribution < 1.29 is 4.79 Å². The van der Waals surface area contributed by atoms with Crippen molar-refractivity contribution in [2.24, 2.45) is 0 Å². The Kier molecular flexibility index (Phi) is 5.30. The first-order valence-electron chi connectivity index (χ1n) is 6.99. The lowest BCUT2D eigenvalue weighted by molar-refractivity contribution is -0.128. The first kappa shape index (κ1) is 15.6. The van der Waals surface area contributed by atoms with Crippen molar-refractivity contribution in [2.75, 3.05) is 0 Å². The molecule has 1 fully saturated rings. The van der Waals surface area contributed by atoms with Crippen molar-refractivity contribution in [3.05, 3.63) is 33.8 Å².